The van der Waals surface area contributed by atoms with Crippen molar-refractivity contribution in [3.8, 4) is 5.88 Å². The Bertz CT molecular complexity index is 377. The molecular formula is C13H21N3O. The summed E-state index contributed by atoms with van der Waals surface area (Å²) in [6.07, 6.45) is 3.98. The molecule has 1 saturated carbocycles. The maximum Gasteiger partial charge on any atom is 0.239 e. The highest BCUT2D eigenvalue weighted by molar-refractivity contribution is 5.53. The van der Waals surface area contributed by atoms with Crippen molar-refractivity contribution in [3.05, 3.63) is 12.1 Å². The van der Waals surface area contributed by atoms with Crippen LogP contribution < -0.4 is 15.8 Å². The molecule has 1 unspecified atom stereocenters. The highest BCUT2D eigenvalue weighted by Crippen LogP contribution is 2.34. The minimum atomic E-state index is 0.452. The Morgan fingerprint density at radius 2 is 2.29 bits per heavy atom. The molecule has 1 aliphatic carbocycles. The van der Waals surface area contributed by atoms with Gasteiger partial charge in [-0.1, -0.05) is 12.8 Å². The number of pyridine rings is 1. The molecule has 0 radical (unpaired) electrons. The summed E-state index contributed by atoms with van der Waals surface area (Å²) in [6.45, 7) is 4.70. The minimum absolute atomic E-state index is 0.452. The van der Waals surface area contributed by atoms with Gasteiger partial charge in [0.05, 0.1) is 12.3 Å². The Hall–Kier alpha value is -1.45. The van der Waals surface area contributed by atoms with Crippen LogP contribution in [-0.4, -0.2) is 17.6 Å². The molecule has 0 spiro atoms. The smallest absolute Gasteiger partial charge is 0.239 e. The number of nitrogens with zero attached hydrogens (tertiary/aromatic N) is 1. The minimum Gasteiger partial charge on any atom is -0.476 e. The molecule has 94 valence electrons. The Morgan fingerprint density at radius 3 is 2.94 bits per heavy atom. The van der Waals surface area contributed by atoms with E-state index in [2.05, 4.69) is 17.2 Å². The maximum absolute atomic E-state index is 5.78. The topological polar surface area (TPSA) is 60.2 Å². The molecule has 0 saturated heterocycles. The molecule has 2 rings (SSSR count). The Labute approximate surface area is 103 Å². The summed E-state index contributed by atoms with van der Waals surface area (Å²) in [7, 11) is 0. The SMILES string of the molecule is CCOc1nc(NC(C)CC2CC2)ccc1N. The van der Waals surface area contributed by atoms with Crippen molar-refractivity contribution in [1.29, 1.82) is 0 Å². The van der Waals surface area contributed by atoms with E-state index in [1.165, 1.54) is 19.3 Å². The van der Waals surface area contributed by atoms with Gasteiger partial charge in [-0.15, -0.1) is 0 Å². The molecule has 0 aliphatic heterocycles. The van der Waals surface area contributed by atoms with E-state index in [1.807, 2.05) is 19.1 Å². The van der Waals surface area contributed by atoms with Gasteiger partial charge in [0.15, 0.2) is 0 Å². The second-order valence-corrected chi connectivity index (χ2v) is 4.75. The number of hydrogen-bond donors (Lipinski definition) is 2. The summed E-state index contributed by atoms with van der Waals surface area (Å²) in [4.78, 5) is 4.37. The lowest BCUT2D eigenvalue weighted by Gasteiger charge is -2.15. The summed E-state index contributed by atoms with van der Waals surface area (Å²) in [5, 5.41) is 3.39. The predicted octanol–water partition coefficient (Wildman–Crippen LogP) is 2.66. The molecule has 0 bridgehead atoms. The van der Waals surface area contributed by atoms with Crippen molar-refractivity contribution in [3.63, 3.8) is 0 Å². The summed E-state index contributed by atoms with van der Waals surface area (Å²) >= 11 is 0. The fourth-order valence-electron chi connectivity index (χ4n) is 1.95. The van der Waals surface area contributed by atoms with Crippen molar-refractivity contribution >= 4 is 11.5 Å². The van der Waals surface area contributed by atoms with Gasteiger partial charge in [-0.2, -0.15) is 4.98 Å². The largest absolute Gasteiger partial charge is 0.476 e. The van der Waals surface area contributed by atoms with Crippen LogP contribution in [0.1, 0.15) is 33.1 Å². The van der Waals surface area contributed by atoms with E-state index >= 15 is 0 Å². The number of ether oxygens (including phenoxy) is 1. The number of nitrogens with two attached hydrogens (primary N) is 1. The van der Waals surface area contributed by atoms with Crippen LogP contribution in [0.2, 0.25) is 0 Å². The Morgan fingerprint density at radius 1 is 1.53 bits per heavy atom. The summed E-state index contributed by atoms with van der Waals surface area (Å²) < 4.78 is 5.38. The van der Waals surface area contributed by atoms with Crippen LogP contribution in [0.5, 0.6) is 5.88 Å². The Kier molecular flexibility index (Phi) is 3.71. The molecule has 3 N–H and O–H groups in total. The molecule has 1 aliphatic rings. The van der Waals surface area contributed by atoms with Crippen LogP contribution in [0.4, 0.5) is 11.5 Å². The maximum atomic E-state index is 5.78. The van der Waals surface area contributed by atoms with E-state index in [-0.39, 0.29) is 0 Å². The average molecular weight is 235 g/mol. The standard InChI is InChI=1S/C13H21N3O/c1-3-17-13-11(14)6-7-12(16-13)15-9(2)8-10-4-5-10/h6-7,9-10H,3-5,8,14H2,1-2H3,(H,15,16). The first-order chi connectivity index (χ1) is 8.19. The average Bonchev–Trinajstić information content (AvgIpc) is 3.07. The van der Waals surface area contributed by atoms with Crippen molar-refractivity contribution in [2.75, 3.05) is 17.7 Å². The van der Waals surface area contributed by atoms with E-state index in [0.29, 0.717) is 24.2 Å². The monoisotopic (exact) mass is 235 g/mol. The number of nitrogens with one attached hydrogen (secondary N) is 1. The first kappa shape index (κ1) is 12.0. The van der Waals surface area contributed by atoms with E-state index in [0.717, 1.165) is 11.7 Å². The third kappa shape index (κ3) is 3.51. The van der Waals surface area contributed by atoms with Crippen molar-refractivity contribution in [2.24, 2.45) is 5.92 Å². The van der Waals surface area contributed by atoms with Gasteiger partial charge in [-0.05, 0) is 38.3 Å². The number of nitrogen functional groups attached to an aromatic ring is 1. The summed E-state index contributed by atoms with van der Waals surface area (Å²) in [5.74, 6) is 2.28. The zero-order chi connectivity index (χ0) is 12.3. The number of hydrogen-bond acceptors (Lipinski definition) is 4. The van der Waals surface area contributed by atoms with Crippen LogP contribution in [0.25, 0.3) is 0 Å². The van der Waals surface area contributed by atoms with Crippen LogP contribution in [0.15, 0.2) is 12.1 Å². The number of anilines is 2. The van der Waals surface area contributed by atoms with Crippen LogP contribution in [0.3, 0.4) is 0 Å². The molecule has 0 aromatic carbocycles. The summed E-state index contributed by atoms with van der Waals surface area (Å²) in [5.41, 5.74) is 6.37. The van der Waals surface area contributed by atoms with Gasteiger partial charge in [0.25, 0.3) is 0 Å². The van der Waals surface area contributed by atoms with Gasteiger partial charge in [0, 0.05) is 6.04 Å². The molecule has 1 fully saturated rings. The van der Waals surface area contributed by atoms with Crippen molar-refractivity contribution in [2.45, 2.75) is 39.2 Å². The van der Waals surface area contributed by atoms with Crippen molar-refractivity contribution < 1.29 is 4.74 Å². The van der Waals surface area contributed by atoms with E-state index in [9.17, 15) is 0 Å². The third-order valence-corrected chi connectivity index (χ3v) is 2.95. The van der Waals surface area contributed by atoms with Gasteiger partial charge in [-0.3, -0.25) is 0 Å². The van der Waals surface area contributed by atoms with Crippen LogP contribution in [0, 0.1) is 5.92 Å². The van der Waals surface area contributed by atoms with Crippen LogP contribution >= 0.6 is 0 Å². The first-order valence-corrected chi connectivity index (χ1v) is 6.35. The zero-order valence-corrected chi connectivity index (χ0v) is 10.6. The predicted molar refractivity (Wildman–Crippen MR) is 70.2 cm³/mol. The van der Waals surface area contributed by atoms with Gasteiger partial charge in [0.2, 0.25) is 5.88 Å². The van der Waals surface area contributed by atoms with Gasteiger partial charge >= 0.3 is 0 Å². The molecule has 17 heavy (non-hydrogen) atoms. The quantitative estimate of drug-likeness (QED) is 0.795. The molecule has 1 aromatic heterocycles. The summed E-state index contributed by atoms with van der Waals surface area (Å²) in [6, 6.07) is 4.19. The number of aromatic nitrogens is 1. The Balaban J connectivity index is 1.96. The molecule has 1 aromatic rings. The molecule has 1 atom stereocenters. The molecular weight excluding hydrogens is 214 g/mol. The lowest BCUT2D eigenvalue weighted by molar-refractivity contribution is 0.329. The fourth-order valence-corrected chi connectivity index (χ4v) is 1.95. The molecule has 4 nitrogen and oxygen atoms in total. The molecule has 4 heteroatoms. The third-order valence-electron chi connectivity index (χ3n) is 2.95. The second-order valence-electron chi connectivity index (χ2n) is 4.75. The lowest BCUT2D eigenvalue weighted by atomic mass is 10.1. The molecule has 0 amide bonds. The molecule has 1 heterocycles. The van der Waals surface area contributed by atoms with Crippen molar-refractivity contribution in [1.82, 2.24) is 4.98 Å². The zero-order valence-electron chi connectivity index (χ0n) is 10.6. The van der Waals surface area contributed by atoms with E-state index in [4.69, 9.17) is 10.5 Å². The van der Waals surface area contributed by atoms with Crippen LogP contribution in [-0.2, 0) is 0 Å². The van der Waals surface area contributed by atoms with E-state index < -0.39 is 0 Å². The number of rotatable bonds is 6. The first-order valence-electron chi connectivity index (χ1n) is 6.35. The fraction of sp³-hybridized carbons (Fsp3) is 0.615. The van der Waals surface area contributed by atoms with Gasteiger partial charge < -0.3 is 15.8 Å². The normalized spacial score (nSPS) is 16.6. The van der Waals surface area contributed by atoms with Gasteiger partial charge in [0.1, 0.15) is 5.82 Å². The van der Waals surface area contributed by atoms with Gasteiger partial charge in [-0.25, -0.2) is 0 Å². The highest BCUT2D eigenvalue weighted by Gasteiger charge is 2.23. The second kappa shape index (κ2) is 5.25. The highest BCUT2D eigenvalue weighted by atomic mass is 16.5. The lowest BCUT2D eigenvalue weighted by Crippen LogP contribution is -2.17. The van der Waals surface area contributed by atoms with E-state index in [1.54, 1.807) is 0 Å².